The summed E-state index contributed by atoms with van der Waals surface area (Å²) in [5.74, 6) is -1.07. The van der Waals surface area contributed by atoms with Crippen molar-refractivity contribution in [2.45, 2.75) is 12.5 Å². The molecule has 0 saturated heterocycles. The maximum atomic E-state index is 12.3. The normalized spacial score (nSPS) is 11.5. The van der Waals surface area contributed by atoms with E-state index < -0.39 is 23.9 Å². The number of H-pyrrole nitrogens is 1. The van der Waals surface area contributed by atoms with E-state index in [1.165, 1.54) is 26.4 Å². The average molecular weight is 410 g/mol. The third-order valence-electron chi connectivity index (χ3n) is 4.57. The van der Waals surface area contributed by atoms with E-state index in [1.54, 1.807) is 12.1 Å². The molecular weight excluding hydrogens is 388 g/mol. The first-order chi connectivity index (χ1) is 14.5. The summed E-state index contributed by atoms with van der Waals surface area (Å²) in [6.07, 6.45) is 2.09. The highest BCUT2D eigenvalue weighted by Crippen LogP contribution is 2.19. The van der Waals surface area contributed by atoms with Crippen LogP contribution in [0.1, 0.15) is 15.9 Å². The Morgan fingerprint density at radius 1 is 1.00 bits per heavy atom. The van der Waals surface area contributed by atoms with Gasteiger partial charge < -0.3 is 24.5 Å². The van der Waals surface area contributed by atoms with E-state index >= 15 is 0 Å². The van der Waals surface area contributed by atoms with Crippen LogP contribution in [0.4, 0.5) is 0 Å². The lowest BCUT2D eigenvalue weighted by Crippen LogP contribution is -2.44. The van der Waals surface area contributed by atoms with Crippen molar-refractivity contribution in [1.82, 2.24) is 10.3 Å². The maximum absolute atomic E-state index is 12.3. The van der Waals surface area contributed by atoms with Crippen molar-refractivity contribution in [3.8, 4) is 5.75 Å². The van der Waals surface area contributed by atoms with Gasteiger partial charge in [0.25, 0.3) is 5.91 Å². The number of nitrogens with one attached hydrogen (secondary N) is 2. The number of fused-ring (bicyclic) bond motifs is 1. The van der Waals surface area contributed by atoms with E-state index in [0.29, 0.717) is 11.3 Å². The van der Waals surface area contributed by atoms with Crippen LogP contribution in [0.15, 0.2) is 54.7 Å². The molecule has 1 amide bonds. The molecule has 0 fully saturated rings. The SMILES string of the molecule is COC(=O)c1ccc(OCC(=O)N[C@@H](Cc2c[nH]c3ccccc23)C(=O)OC)cc1. The first kappa shape index (κ1) is 20.9. The number of rotatable bonds is 8. The van der Waals surface area contributed by atoms with Crippen LogP contribution in [0, 0.1) is 0 Å². The van der Waals surface area contributed by atoms with Crippen molar-refractivity contribution in [1.29, 1.82) is 0 Å². The highest BCUT2D eigenvalue weighted by Gasteiger charge is 2.23. The van der Waals surface area contributed by atoms with Gasteiger partial charge in [-0.3, -0.25) is 4.79 Å². The summed E-state index contributed by atoms with van der Waals surface area (Å²) < 4.78 is 14.9. The van der Waals surface area contributed by atoms with Crippen molar-refractivity contribution in [2.24, 2.45) is 0 Å². The van der Waals surface area contributed by atoms with E-state index in [4.69, 9.17) is 9.47 Å². The third-order valence-corrected chi connectivity index (χ3v) is 4.57. The lowest BCUT2D eigenvalue weighted by atomic mass is 10.0. The molecule has 0 aliphatic rings. The zero-order valence-electron chi connectivity index (χ0n) is 16.6. The minimum atomic E-state index is -0.855. The monoisotopic (exact) mass is 410 g/mol. The van der Waals surface area contributed by atoms with E-state index in [2.05, 4.69) is 15.0 Å². The predicted molar refractivity (Wildman–Crippen MR) is 109 cm³/mol. The molecule has 0 unspecified atom stereocenters. The summed E-state index contributed by atoms with van der Waals surface area (Å²) in [7, 11) is 2.57. The van der Waals surface area contributed by atoms with Gasteiger partial charge in [0.2, 0.25) is 0 Å². The predicted octanol–water partition coefficient (Wildman–Crippen LogP) is 2.23. The third kappa shape index (κ3) is 4.96. The highest BCUT2D eigenvalue weighted by molar-refractivity contribution is 5.89. The zero-order chi connectivity index (χ0) is 21.5. The fraction of sp³-hybridized carbons (Fsp3) is 0.227. The van der Waals surface area contributed by atoms with Crippen LogP contribution < -0.4 is 10.1 Å². The molecule has 0 aliphatic heterocycles. The summed E-state index contributed by atoms with van der Waals surface area (Å²) in [5.41, 5.74) is 2.21. The Balaban J connectivity index is 1.61. The van der Waals surface area contributed by atoms with Crippen LogP contribution in [-0.4, -0.2) is 49.7 Å². The molecule has 0 spiro atoms. The van der Waals surface area contributed by atoms with Gasteiger partial charge in [0, 0.05) is 23.5 Å². The van der Waals surface area contributed by atoms with E-state index in [-0.39, 0.29) is 13.0 Å². The second kappa shape index (κ2) is 9.60. The standard InChI is InChI=1S/C22H22N2O6/c1-28-21(26)14-7-9-16(10-8-14)30-13-20(25)24-19(22(27)29-2)11-15-12-23-18-6-4-3-5-17(15)18/h3-10,12,19,23H,11,13H2,1-2H3,(H,24,25)/t19-/m0/s1. The molecule has 2 aromatic carbocycles. The Bertz CT molecular complexity index is 1040. The van der Waals surface area contributed by atoms with Gasteiger partial charge in [0.1, 0.15) is 11.8 Å². The molecule has 0 aliphatic carbocycles. The minimum absolute atomic E-state index is 0.274. The summed E-state index contributed by atoms with van der Waals surface area (Å²) >= 11 is 0. The molecule has 3 aromatic rings. The summed E-state index contributed by atoms with van der Waals surface area (Å²) in [5, 5.41) is 3.63. The lowest BCUT2D eigenvalue weighted by molar-refractivity contribution is -0.145. The number of aromatic nitrogens is 1. The molecule has 8 nitrogen and oxygen atoms in total. The topological polar surface area (TPSA) is 107 Å². The molecule has 1 aromatic heterocycles. The van der Waals surface area contributed by atoms with Gasteiger partial charge in [-0.1, -0.05) is 18.2 Å². The molecule has 2 N–H and O–H groups in total. The van der Waals surface area contributed by atoms with Gasteiger partial charge >= 0.3 is 11.9 Å². The Morgan fingerprint density at radius 3 is 2.43 bits per heavy atom. The van der Waals surface area contributed by atoms with Crippen LogP contribution in [0.3, 0.4) is 0 Å². The molecule has 1 atom stereocenters. The number of hydrogen-bond donors (Lipinski definition) is 2. The molecule has 3 rings (SSSR count). The Hall–Kier alpha value is -3.81. The molecule has 1 heterocycles. The van der Waals surface area contributed by atoms with E-state index in [1.807, 2.05) is 30.5 Å². The van der Waals surface area contributed by atoms with Gasteiger partial charge in [0.05, 0.1) is 19.8 Å². The highest BCUT2D eigenvalue weighted by atomic mass is 16.5. The molecule has 0 bridgehead atoms. The van der Waals surface area contributed by atoms with Crippen molar-refractivity contribution >= 4 is 28.7 Å². The van der Waals surface area contributed by atoms with Crippen molar-refractivity contribution in [3.05, 3.63) is 65.9 Å². The number of ether oxygens (including phenoxy) is 3. The largest absolute Gasteiger partial charge is 0.484 e. The number of para-hydroxylation sites is 1. The lowest BCUT2D eigenvalue weighted by Gasteiger charge is -2.16. The van der Waals surface area contributed by atoms with Crippen molar-refractivity contribution in [3.63, 3.8) is 0 Å². The number of aromatic amines is 1. The molecule has 0 saturated carbocycles. The van der Waals surface area contributed by atoms with Gasteiger partial charge in [-0.15, -0.1) is 0 Å². The number of hydrogen-bond acceptors (Lipinski definition) is 6. The number of carbonyl (C=O) groups excluding carboxylic acids is 3. The molecule has 30 heavy (non-hydrogen) atoms. The fourth-order valence-electron chi connectivity index (χ4n) is 3.05. The van der Waals surface area contributed by atoms with Crippen molar-refractivity contribution in [2.75, 3.05) is 20.8 Å². The fourth-order valence-corrected chi connectivity index (χ4v) is 3.05. The van der Waals surface area contributed by atoms with E-state index in [9.17, 15) is 14.4 Å². The number of esters is 2. The second-order valence-corrected chi connectivity index (χ2v) is 6.51. The Labute approximate surface area is 173 Å². The van der Waals surface area contributed by atoms with Crippen LogP contribution in [0.25, 0.3) is 10.9 Å². The summed E-state index contributed by atoms with van der Waals surface area (Å²) in [6, 6.07) is 13.0. The Morgan fingerprint density at radius 2 is 1.73 bits per heavy atom. The van der Waals surface area contributed by atoms with Crippen LogP contribution >= 0.6 is 0 Å². The van der Waals surface area contributed by atoms with Gasteiger partial charge in [0.15, 0.2) is 6.61 Å². The molecule has 0 radical (unpaired) electrons. The smallest absolute Gasteiger partial charge is 0.337 e. The van der Waals surface area contributed by atoms with Gasteiger partial charge in [-0.05, 0) is 35.9 Å². The van der Waals surface area contributed by atoms with Crippen LogP contribution in [-0.2, 0) is 25.5 Å². The van der Waals surface area contributed by atoms with Crippen molar-refractivity contribution < 1.29 is 28.6 Å². The number of carbonyl (C=O) groups is 3. The first-order valence-corrected chi connectivity index (χ1v) is 9.25. The second-order valence-electron chi connectivity index (χ2n) is 6.51. The summed E-state index contributed by atoms with van der Waals surface area (Å²) in [6.45, 7) is -0.293. The van der Waals surface area contributed by atoms with Gasteiger partial charge in [-0.2, -0.15) is 0 Å². The Kier molecular flexibility index (Phi) is 6.69. The average Bonchev–Trinajstić information content (AvgIpc) is 3.19. The quantitative estimate of drug-likeness (QED) is 0.552. The van der Waals surface area contributed by atoms with E-state index in [0.717, 1.165) is 16.5 Å². The maximum Gasteiger partial charge on any atom is 0.337 e. The number of methoxy groups -OCH3 is 2. The molecular formula is C22H22N2O6. The first-order valence-electron chi connectivity index (χ1n) is 9.25. The minimum Gasteiger partial charge on any atom is -0.484 e. The molecule has 156 valence electrons. The van der Waals surface area contributed by atoms with Crippen LogP contribution in [0.2, 0.25) is 0 Å². The number of benzene rings is 2. The molecule has 8 heteroatoms. The number of amides is 1. The zero-order valence-corrected chi connectivity index (χ0v) is 16.6. The van der Waals surface area contributed by atoms with Gasteiger partial charge in [-0.25, -0.2) is 9.59 Å². The van der Waals surface area contributed by atoms with Crippen LogP contribution in [0.5, 0.6) is 5.75 Å². The summed E-state index contributed by atoms with van der Waals surface area (Å²) in [4.78, 5) is 39.1.